The zero-order valence-corrected chi connectivity index (χ0v) is 60.6. The van der Waals surface area contributed by atoms with Crippen molar-refractivity contribution in [2.45, 2.75) is 399 Å². The molecule has 540 valence electrons. The molecule has 2 unspecified atom stereocenters. The van der Waals surface area contributed by atoms with Crippen LogP contribution in [-0.2, 0) is 65.4 Å². The minimum absolute atomic E-state index is 0.107. The molecule has 17 nitrogen and oxygen atoms in total. The Kier molecular flexibility index (Phi) is 65.2. The summed E-state index contributed by atoms with van der Waals surface area (Å²) < 4.78 is 68.2. The molecule has 0 heterocycles. The number of aliphatic hydroxyl groups excluding tert-OH is 1. The van der Waals surface area contributed by atoms with E-state index in [1.807, 2.05) is 0 Å². The van der Waals surface area contributed by atoms with Crippen molar-refractivity contribution in [3.05, 3.63) is 0 Å². The van der Waals surface area contributed by atoms with E-state index in [9.17, 15) is 43.2 Å². The van der Waals surface area contributed by atoms with Gasteiger partial charge in [-0.2, -0.15) is 0 Å². The summed E-state index contributed by atoms with van der Waals surface area (Å²) in [6, 6.07) is 0. The van der Waals surface area contributed by atoms with Gasteiger partial charge in [0.1, 0.15) is 19.3 Å². The van der Waals surface area contributed by atoms with Gasteiger partial charge in [-0.3, -0.25) is 37.3 Å². The fourth-order valence-electron chi connectivity index (χ4n) is 11.0. The molecule has 19 heteroatoms. The predicted octanol–water partition coefficient (Wildman–Crippen LogP) is 21.1. The monoisotopic (exact) mass is 1340 g/mol. The molecular formula is C72H140O17P2. The van der Waals surface area contributed by atoms with Gasteiger partial charge in [-0.25, -0.2) is 9.13 Å². The van der Waals surface area contributed by atoms with E-state index in [4.69, 9.17) is 37.0 Å². The highest BCUT2D eigenvalue weighted by Crippen LogP contribution is 2.45. The Labute approximate surface area is 556 Å². The number of phosphoric acid groups is 2. The minimum atomic E-state index is -4.95. The molecule has 0 spiro atoms. The van der Waals surface area contributed by atoms with Crippen molar-refractivity contribution in [2.24, 2.45) is 0 Å². The fourth-order valence-corrected chi connectivity index (χ4v) is 12.6. The van der Waals surface area contributed by atoms with Gasteiger partial charge in [0.05, 0.1) is 26.4 Å². The number of rotatable bonds is 73. The first kappa shape index (κ1) is 89.1. The Hall–Kier alpha value is -1.94. The quantitative estimate of drug-likeness (QED) is 0.0222. The van der Waals surface area contributed by atoms with Gasteiger partial charge in [0.25, 0.3) is 0 Å². The summed E-state index contributed by atoms with van der Waals surface area (Å²) in [5, 5.41) is 10.6. The van der Waals surface area contributed by atoms with E-state index in [-0.39, 0.29) is 25.7 Å². The molecule has 0 rings (SSSR count). The third-order valence-electron chi connectivity index (χ3n) is 16.9. The molecule has 0 aliphatic carbocycles. The second kappa shape index (κ2) is 66.7. The van der Waals surface area contributed by atoms with Gasteiger partial charge < -0.3 is 33.8 Å². The SMILES string of the molecule is CCCCCCCCCCCCCCCCCCCC(=O)OC[C@H](COP(=O)(O)OC[C@@H](O)COP(=O)(O)OC[C@@H](COC(=O)CCCCCCC)OC(=O)CCCCCCCCCCCCCC)OC(=O)CCCCCCCCCCCCCCCCCCC. The number of ether oxygens (including phenoxy) is 4. The van der Waals surface area contributed by atoms with Crippen LogP contribution in [0.5, 0.6) is 0 Å². The Balaban J connectivity index is 5.14. The molecule has 0 aromatic heterocycles. The molecule has 0 saturated heterocycles. The van der Waals surface area contributed by atoms with Crippen molar-refractivity contribution in [3.63, 3.8) is 0 Å². The second-order valence-electron chi connectivity index (χ2n) is 26.0. The summed E-state index contributed by atoms with van der Waals surface area (Å²) in [6.45, 7) is 4.88. The fraction of sp³-hybridized carbons (Fsp3) is 0.944. The van der Waals surface area contributed by atoms with Crippen LogP contribution in [-0.4, -0.2) is 96.7 Å². The van der Waals surface area contributed by atoms with E-state index in [0.29, 0.717) is 25.7 Å². The van der Waals surface area contributed by atoms with Crippen molar-refractivity contribution in [1.29, 1.82) is 0 Å². The van der Waals surface area contributed by atoms with Gasteiger partial charge in [-0.05, 0) is 25.7 Å². The van der Waals surface area contributed by atoms with Gasteiger partial charge in [0, 0.05) is 25.7 Å². The van der Waals surface area contributed by atoms with Crippen LogP contribution in [0, 0.1) is 0 Å². The Morgan fingerprint density at radius 3 is 0.648 bits per heavy atom. The van der Waals surface area contributed by atoms with Gasteiger partial charge >= 0.3 is 39.5 Å². The van der Waals surface area contributed by atoms with Crippen molar-refractivity contribution in [2.75, 3.05) is 39.6 Å². The molecule has 0 amide bonds. The maximum absolute atomic E-state index is 13.0. The molecule has 0 radical (unpaired) electrons. The predicted molar refractivity (Wildman–Crippen MR) is 368 cm³/mol. The van der Waals surface area contributed by atoms with E-state index < -0.39 is 97.5 Å². The number of unbranched alkanes of at least 4 members (excludes halogenated alkanes) is 47. The highest BCUT2D eigenvalue weighted by molar-refractivity contribution is 7.47. The zero-order chi connectivity index (χ0) is 66.8. The van der Waals surface area contributed by atoms with Crippen molar-refractivity contribution < 1.29 is 80.2 Å². The van der Waals surface area contributed by atoms with Crippen LogP contribution in [0.25, 0.3) is 0 Å². The highest BCUT2D eigenvalue weighted by atomic mass is 31.2. The number of phosphoric ester groups is 2. The summed E-state index contributed by atoms with van der Waals surface area (Å²) in [7, 11) is -9.89. The van der Waals surface area contributed by atoms with Gasteiger partial charge in [-0.1, -0.05) is 329 Å². The molecule has 0 aromatic rings. The van der Waals surface area contributed by atoms with Crippen LogP contribution >= 0.6 is 15.6 Å². The third kappa shape index (κ3) is 66.5. The molecule has 5 atom stereocenters. The normalized spacial score (nSPS) is 14.0. The third-order valence-corrected chi connectivity index (χ3v) is 18.8. The first-order valence-corrected chi connectivity index (χ1v) is 40.8. The topological polar surface area (TPSA) is 237 Å². The number of hydrogen-bond acceptors (Lipinski definition) is 15. The molecule has 0 fully saturated rings. The zero-order valence-electron chi connectivity index (χ0n) is 58.8. The van der Waals surface area contributed by atoms with E-state index >= 15 is 0 Å². The van der Waals surface area contributed by atoms with Crippen molar-refractivity contribution in [1.82, 2.24) is 0 Å². The lowest BCUT2D eigenvalue weighted by Gasteiger charge is -2.21. The number of hydrogen-bond donors (Lipinski definition) is 3. The summed E-state index contributed by atoms with van der Waals surface area (Å²) in [5.74, 6) is -2.13. The van der Waals surface area contributed by atoms with Gasteiger partial charge in [0.15, 0.2) is 12.2 Å². The summed E-state index contributed by atoms with van der Waals surface area (Å²) in [5.41, 5.74) is 0. The van der Waals surface area contributed by atoms with E-state index in [2.05, 4.69) is 27.7 Å². The van der Waals surface area contributed by atoms with E-state index in [1.165, 1.54) is 205 Å². The molecule has 0 saturated carbocycles. The van der Waals surface area contributed by atoms with E-state index in [1.54, 1.807) is 0 Å². The Morgan fingerprint density at radius 2 is 0.440 bits per heavy atom. The smallest absolute Gasteiger partial charge is 0.462 e. The second-order valence-corrected chi connectivity index (χ2v) is 28.9. The van der Waals surface area contributed by atoms with Crippen LogP contribution < -0.4 is 0 Å². The standard InChI is InChI=1S/C72H140O17P2/c1-5-9-13-17-20-23-26-29-31-33-35-37-40-42-45-49-53-57-70(75)83-63-68(89-72(77)59-55-51-47-44-41-38-36-34-32-30-27-24-21-18-14-10-6-2)65-87-91(80,81)85-61-66(73)60-84-90(78,79)86-64-67(62-82-69(74)56-52-48-16-12-8-4)88-71(76)58-54-50-46-43-39-28-25-22-19-15-11-7-3/h66-68,73H,5-65H2,1-4H3,(H,78,79)(H,80,81)/t66-,67+,68+/m0/s1. The minimum Gasteiger partial charge on any atom is -0.462 e. The first-order chi connectivity index (χ1) is 44.2. The van der Waals surface area contributed by atoms with Crippen LogP contribution in [0.1, 0.15) is 381 Å². The molecule has 0 aliphatic rings. The van der Waals surface area contributed by atoms with Gasteiger partial charge in [0.2, 0.25) is 0 Å². The molecule has 3 N–H and O–H groups in total. The van der Waals surface area contributed by atoms with Crippen LogP contribution in [0.15, 0.2) is 0 Å². The summed E-state index contributed by atoms with van der Waals surface area (Å²) >= 11 is 0. The van der Waals surface area contributed by atoms with E-state index in [0.717, 1.165) is 96.3 Å². The maximum Gasteiger partial charge on any atom is 0.472 e. The maximum atomic E-state index is 13.0. The lowest BCUT2D eigenvalue weighted by molar-refractivity contribution is -0.161. The molecule has 0 aliphatic heterocycles. The Bertz CT molecular complexity index is 1740. The average molecular weight is 1340 g/mol. The molecule has 0 aromatic carbocycles. The molecule has 0 bridgehead atoms. The lowest BCUT2D eigenvalue weighted by atomic mass is 10.0. The summed E-state index contributed by atoms with van der Waals surface area (Å²) in [6.07, 6.45) is 55.8. The van der Waals surface area contributed by atoms with Crippen molar-refractivity contribution in [3.8, 4) is 0 Å². The highest BCUT2D eigenvalue weighted by Gasteiger charge is 2.30. The van der Waals surface area contributed by atoms with Crippen LogP contribution in [0.3, 0.4) is 0 Å². The van der Waals surface area contributed by atoms with Crippen LogP contribution in [0.4, 0.5) is 0 Å². The van der Waals surface area contributed by atoms with Gasteiger partial charge in [-0.15, -0.1) is 0 Å². The number of carbonyl (C=O) groups is 4. The summed E-state index contributed by atoms with van der Waals surface area (Å²) in [4.78, 5) is 72.4. The lowest BCUT2D eigenvalue weighted by Crippen LogP contribution is -2.30. The first-order valence-electron chi connectivity index (χ1n) is 37.8. The Morgan fingerprint density at radius 1 is 0.264 bits per heavy atom. The number of esters is 4. The average Bonchev–Trinajstić information content (AvgIpc) is 2.41. The van der Waals surface area contributed by atoms with Crippen LogP contribution in [0.2, 0.25) is 0 Å². The molecule has 91 heavy (non-hydrogen) atoms. The number of carbonyl (C=O) groups excluding carboxylic acids is 4. The molecular weight excluding hydrogens is 1200 g/mol. The number of aliphatic hydroxyl groups is 1. The van der Waals surface area contributed by atoms with Crippen molar-refractivity contribution >= 4 is 39.5 Å². The largest absolute Gasteiger partial charge is 0.472 e.